The number of amides is 3. The zero-order valence-electron chi connectivity index (χ0n) is 23.7. The van der Waals surface area contributed by atoms with Crippen LogP contribution in [0.2, 0.25) is 0 Å². The van der Waals surface area contributed by atoms with Gasteiger partial charge in [-0.3, -0.25) is 0 Å². The summed E-state index contributed by atoms with van der Waals surface area (Å²) in [6, 6.07) is 1.60. The number of carbonyl (C=O) groups excluding carboxylic acids is 2. The van der Waals surface area contributed by atoms with Crippen LogP contribution >= 0.6 is 0 Å². The maximum absolute atomic E-state index is 12.4. The number of aliphatic imine (C=N–C) groups is 1. The van der Waals surface area contributed by atoms with Crippen molar-refractivity contribution in [2.75, 3.05) is 44.2 Å². The van der Waals surface area contributed by atoms with Gasteiger partial charge in [0.2, 0.25) is 5.88 Å². The van der Waals surface area contributed by atoms with E-state index in [0.717, 1.165) is 51.0 Å². The molecule has 214 valence electrons. The molecule has 4 N–H and O–H groups in total. The first kappa shape index (κ1) is 28.9. The Morgan fingerprint density at radius 3 is 2.72 bits per heavy atom. The Hall–Kier alpha value is -3.08. The van der Waals surface area contributed by atoms with Gasteiger partial charge in [0.25, 0.3) is 0 Å². The predicted molar refractivity (Wildman–Crippen MR) is 151 cm³/mol. The molecular weight excluding hydrogens is 496 g/mol. The van der Waals surface area contributed by atoms with Crippen LogP contribution in [0.4, 0.5) is 10.6 Å². The van der Waals surface area contributed by atoms with Gasteiger partial charge < -0.3 is 26.0 Å². The van der Waals surface area contributed by atoms with Crippen molar-refractivity contribution < 1.29 is 18.9 Å². The van der Waals surface area contributed by atoms with E-state index in [9.17, 15) is 9.59 Å². The van der Waals surface area contributed by atoms with Crippen molar-refractivity contribution >= 4 is 29.8 Å². The van der Waals surface area contributed by atoms with Crippen LogP contribution < -0.4 is 21.1 Å². The summed E-state index contributed by atoms with van der Waals surface area (Å²) >= 11 is 0. The number of anilines is 1. The van der Waals surface area contributed by atoms with Crippen molar-refractivity contribution in [3.05, 3.63) is 12.4 Å². The van der Waals surface area contributed by atoms with Gasteiger partial charge in [-0.25, -0.2) is 19.6 Å². The minimum Gasteiger partial charge on any atom is -0.478 e. The van der Waals surface area contributed by atoms with Crippen LogP contribution in [0.1, 0.15) is 59.3 Å². The highest BCUT2D eigenvalue weighted by Gasteiger charge is 2.34. The molecule has 11 nitrogen and oxygen atoms in total. The molecule has 4 heterocycles. The number of piperidine rings is 2. The van der Waals surface area contributed by atoms with E-state index in [1.165, 1.54) is 6.33 Å². The van der Waals surface area contributed by atoms with E-state index >= 15 is 0 Å². The van der Waals surface area contributed by atoms with Crippen LogP contribution in [0.3, 0.4) is 0 Å². The third-order valence-electron chi connectivity index (χ3n) is 8.35. The highest BCUT2D eigenvalue weighted by molar-refractivity contribution is 5.93. The molecule has 3 saturated heterocycles. The van der Waals surface area contributed by atoms with E-state index in [-0.39, 0.29) is 29.8 Å². The van der Waals surface area contributed by atoms with Gasteiger partial charge in [-0.2, -0.15) is 9.57 Å². The lowest BCUT2D eigenvalue weighted by Crippen LogP contribution is -2.39. The topological polar surface area (TPSA) is 143 Å². The molecule has 3 unspecified atom stereocenters. The lowest BCUT2D eigenvalue weighted by molar-refractivity contribution is -0.454. The van der Waals surface area contributed by atoms with Gasteiger partial charge in [-0.15, -0.1) is 0 Å². The van der Waals surface area contributed by atoms with Crippen LogP contribution in [0.15, 0.2) is 17.4 Å². The number of nitrogens with zero attached hydrogens (tertiary/aromatic N) is 6. The average molecular weight is 542 g/mol. The zero-order chi connectivity index (χ0) is 27.9. The second-order valence-corrected chi connectivity index (χ2v) is 11.6. The Bertz CT molecular complexity index is 1070. The normalized spacial score (nSPS) is 25.0. The number of amidine groups is 1. The highest BCUT2D eigenvalue weighted by atomic mass is 16.5. The van der Waals surface area contributed by atoms with Crippen molar-refractivity contribution in [2.45, 2.75) is 65.3 Å². The van der Waals surface area contributed by atoms with Crippen molar-refractivity contribution in [1.82, 2.24) is 14.9 Å². The molecule has 1 aromatic rings. The van der Waals surface area contributed by atoms with E-state index in [2.05, 4.69) is 26.8 Å². The van der Waals surface area contributed by atoms with Crippen molar-refractivity contribution in [2.24, 2.45) is 40.1 Å². The van der Waals surface area contributed by atoms with Gasteiger partial charge in [0.15, 0.2) is 12.8 Å². The van der Waals surface area contributed by atoms with Crippen LogP contribution in [0.5, 0.6) is 5.88 Å². The van der Waals surface area contributed by atoms with Crippen LogP contribution in [-0.4, -0.2) is 88.8 Å². The van der Waals surface area contributed by atoms with Crippen LogP contribution in [0, 0.1) is 23.7 Å². The molecule has 0 bridgehead atoms. The number of hydrogen-bond acceptors (Lipinski definition) is 7. The third-order valence-corrected chi connectivity index (χ3v) is 8.35. The summed E-state index contributed by atoms with van der Waals surface area (Å²) in [6.45, 7) is 10.3. The molecule has 0 spiro atoms. The molecule has 3 amide bonds. The summed E-state index contributed by atoms with van der Waals surface area (Å²) in [7, 11) is 0. The Labute approximate surface area is 231 Å². The summed E-state index contributed by atoms with van der Waals surface area (Å²) < 4.78 is 7.87. The monoisotopic (exact) mass is 541 g/mol. The Balaban J connectivity index is 1.23. The molecule has 11 heteroatoms. The molecule has 39 heavy (non-hydrogen) atoms. The van der Waals surface area contributed by atoms with Crippen LogP contribution in [0.25, 0.3) is 0 Å². The standard InChI is InChI=1S/C28H44N8O3/c1-19(2)27(30)33-28(38)34-11-7-21(8-12-34)20(3)9-13-39-25-14-24(31-18-32-25)36-16-22(23(29)17-36)15-35-10-5-4-6-26(35)37/h14-15,18-23H,4-13,16-17,29H2,1-3H3,(H-,30,33,38)/p+1. The summed E-state index contributed by atoms with van der Waals surface area (Å²) in [4.78, 5) is 41.3. The summed E-state index contributed by atoms with van der Waals surface area (Å²) in [6.07, 6.45) is 9.02. The number of hydrogen-bond donors (Lipinski definition) is 2. The maximum atomic E-state index is 12.4. The number of ether oxygens (including phenoxy) is 1. The fraction of sp³-hybridized carbons (Fsp3) is 0.714. The van der Waals surface area contributed by atoms with Gasteiger partial charge in [0.05, 0.1) is 18.9 Å². The van der Waals surface area contributed by atoms with Gasteiger partial charge in [0, 0.05) is 50.6 Å². The zero-order valence-corrected chi connectivity index (χ0v) is 23.7. The Morgan fingerprint density at radius 1 is 1.23 bits per heavy atom. The number of rotatable bonds is 8. The maximum Gasteiger partial charge on any atom is 0.386 e. The number of likely N-dealkylation sites (tertiary alicyclic amines) is 1. The molecular formula is C28H45N8O3+. The van der Waals surface area contributed by atoms with Crippen molar-refractivity contribution in [3.63, 3.8) is 0 Å². The largest absolute Gasteiger partial charge is 0.478 e. The van der Waals surface area contributed by atoms with Crippen LogP contribution in [-0.2, 0) is 4.79 Å². The van der Waals surface area contributed by atoms with Gasteiger partial charge >= 0.3 is 11.9 Å². The number of aromatic nitrogens is 2. The first-order valence-electron chi connectivity index (χ1n) is 14.4. The molecule has 4 rings (SSSR count). The molecule has 3 atom stereocenters. The second-order valence-electron chi connectivity index (χ2n) is 11.6. The minimum absolute atomic E-state index is 0.0546. The number of carbonyl (C=O) groups is 2. The fourth-order valence-electron chi connectivity index (χ4n) is 5.55. The smallest absolute Gasteiger partial charge is 0.386 e. The Kier molecular flexibility index (Phi) is 9.88. The van der Waals surface area contributed by atoms with Gasteiger partial charge in [-0.05, 0) is 37.5 Å². The van der Waals surface area contributed by atoms with E-state index in [1.807, 2.05) is 30.7 Å². The molecule has 1 aromatic heterocycles. The molecule has 0 aromatic carbocycles. The van der Waals surface area contributed by atoms with E-state index in [0.29, 0.717) is 56.2 Å². The Morgan fingerprint density at radius 2 is 2.00 bits per heavy atom. The molecule has 3 aliphatic rings. The first-order chi connectivity index (χ1) is 18.7. The molecule has 3 aliphatic heterocycles. The molecule has 0 saturated carbocycles. The molecule has 0 aliphatic carbocycles. The predicted octanol–water partition coefficient (Wildman–Crippen LogP) is 2.28. The van der Waals surface area contributed by atoms with Crippen molar-refractivity contribution in [3.8, 4) is 5.88 Å². The molecule has 0 radical (unpaired) electrons. The summed E-state index contributed by atoms with van der Waals surface area (Å²) in [5.74, 6) is 3.11. The van der Waals surface area contributed by atoms with E-state index in [4.69, 9.17) is 16.2 Å². The first-order valence-corrected chi connectivity index (χ1v) is 14.4. The van der Waals surface area contributed by atoms with Gasteiger partial charge in [0.1, 0.15) is 18.0 Å². The number of nitrogens with two attached hydrogens (primary N) is 2. The lowest BCUT2D eigenvalue weighted by atomic mass is 9.84. The van der Waals surface area contributed by atoms with Gasteiger partial charge in [-0.1, -0.05) is 20.8 Å². The average Bonchev–Trinajstić information content (AvgIpc) is 3.30. The second kappa shape index (κ2) is 13.3. The highest BCUT2D eigenvalue weighted by Crippen LogP contribution is 2.28. The fourth-order valence-corrected chi connectivity index (χ4v) is 5.55. The lowest BCUT2D eigenvalue weighted by Gasteiger charge is -2.34. The quantitative estimate of drug-likeness (QED) is 0.290. The molecule has 3 fully saturated rings. The van der Waals surface area contributed by atoms with E-state index < -0.39 is 0 Å². The minimum atomic E-state index is -0.224. The van der Waals surface area contributed by atoms with E-state index in [1.54, 1.807) is 4.90 Å². The third kappa shape index (κ3) is 7.74. The summed E-state index contributed by atoms with van der Waals surface area (Å²) in [5.41, 5.74) is 12.3. The van der Waals surface area contributed by atoms with Crippen molar-refractivity contribution in [1.29, 1.82) is 0 Å². The SMILES string of the molecule is CC(C)C(N)=NC(=O)N1CCC(C(C)CCOc2cc(N3CC(N)C(C=[N+]4CCCCC4=O)C3)ncn2)CC1. The summed E-state index contributed by atoms with van der Waals surface area (Å²) in [5, 5.41) is 0. The number of urea groups is 1.